The molecule has 0 bridgehead atoms. The normalized spacial score (nSPS) is 13.3. The van der Waals surface area contributed by atoms with Crippen LogP contribution in [0, 0.1) is 31.1 Å². The van der Waals surface area contributed by atoms with Gasteiger partial charge in [0.15, 0.2) is 6.61 Å². The van der Waals surface area contributed by atoms with E-state index in [1.807, 2.05) is 39.8 Å². The highest BCUT2D eigenvalue weighted by Gasteiger charge is 2.30. The first kappa shape index (κ1) is 19.5. The molecule has 2 aromatic rings. The summed E-state index contributed by atoms with van der Waals surface area (Å²) in [6.45, 7) is 8.88. The number of nitrogens with zero attached hydrogens (tertiary/aromatic N) is 1. The number of hydrogen-bond donors (Lipinski definition) is 1. The number of nitriles is 1. The van der Waals surface area contributed by atoms with Gasteiger partial charge in [-0.15, -0.1) is 0 Å². The van der Waals surface area contributed by atoms with Crippen LogP contribution >= 0.6 is 0 Å². The Kier molecular flexibility index (Phi) is 5.71. The van der Waals surface area contributed by atoms with E-state index >= 15 is 0 Å². The number of rotatable bonds is 6. The van der Waals surface area contributed by atoms with Gasteiger partial charge in [0.2, 0.25) is 0 Å². The van der Waals surface area contributed by atoms with Crippen LogP contribution in [-0.2, 0) is 20.7 Å². The van der Waals surface area contributed by atoms with Gasteiger partial charge >= 0.3 is 5.97 Å². The third kappa shape index (κ3) is 4.23. The Bertz CT molecular complexity index is 876. The minimum absolute atomic E-state index is 0.0163. The Morgan fingerprint density at radius 2 is 1.96 bits per heavy atom. The largest absolute Gasteiger partial charge is 0.464 e. The van der Waals surface area contributed by atoms with Crippen molar-refractivity contribution in [1.82, 2.24) is 5.32 Å². The molecule has 0 aliphatic heterocycles. The third-order valence-corrected chi connectivity index (χ3v) is 4.76. The first-order valence-electron chi connectivity index (χ1n) is 8.51. The van der Waals surface area contributed by atoms with Crippen molar-refractivity contribution in [3.05, 3.63) is 35.1 Å². The van der Waals surface area contributed by atoms with Crippen LogP contribution in [0.25, 0.3) is 11.0 Å². The van der Waals surface area contributed by atoms with Crippen molar-refractivity contribution < 1.29 is 18.7 Å². The lowest BCUT2D eigenvalue weighted by molar-refractivity contribution is -0.148. The molecule has 1 aromatic heterocycles. The number of carbonyl (C=O) groups is 2. The van der Waals surface area contributed by atoms with Crippen LogP contribution in [-0.4, -0.2) is 24.0 Å². The van der Waals surface area contributed by atoms with E-state index in [1.165, 1.54) is 6.26 Å². The minimum atomic E-state index is -1.00. The van der Waals surface area contributed by atoms with Gasteiger partial charge in [0.25, 0.3) is 5.91 Å². The molecule has 1 aromatic carbocycles. The van der Waals surface area contributed by atoms with Gasteiger partial charge in [0.05, 0.1) is 18.8 Å². The molecule has 0 aliphatic carbocycles. The van der Waals surface area contributed by atoms with Gasteiger partial charge in [-0.2, -0.15) is 5.26 Å². The standard InChI is InChI=1S/C20H24N2O4/c1-12(2)20(5,11-21)22-18(23)10-26-19(24)8-15-9-25-17-7-14(4)13(3)6-16(15)17/h6-7,9,12H,8,10H2,1-5H3,(H,22,23). The van der Waals surface area contributed by atoms with E-state index in [-0.39, 0.29) is 12.3 Å². The Labute approximate surface area is 153 Å². The Hall–Kier alpha value is -2.81. The number of furan rings is 1. The van der Waals surface area contributed by atoms with Gasteiger partial charge < -0.3 is 14.5 Å². The Morgan fingerprint density at radius 3 is 2.58 bits per heavy atom. The van der Waals surface area contributed by atoms with Gasteiger partial charge in [-0.25, -0.2) is 0 Å². The van der Waals surface area contributed by atoms with Crippen LogP contribution in [0.4, 0.5) is 0 Å². The number of amides is 1. The second-order valence-electron chi connectivity index (χ2n) is 7.05. The lowest BCUT2D eigenvalue weighted by Crippen LogP contribution is -2.50. The first-order chi connectivity index (χ1) is 12.2. The van der Waals surface area contributed by atoms with Crippen LogP contribution in [0.3, 0.4) is 0 Å². The maximum absolute atomic E-state index is 12.1. The zero-order chi connectivity index (χ0) is 19.5. The van der Waals surface area contributed by atoms with Crippen molar-refractivity contribution >= 4 is 22.8 Å². The summed E-state index contributed by atoms with van der Waals surface area (Å²) in [4.78, 5) is 24.0. The SMILES string of the molecule is Cc1cc2occ(CC(=O)OCC(=O)NC(C)(C#N)C(C)C)c2cc1C. The molecule has 0 aliphatic rings. The number of carbonyl (C=O) groups excluding carboxylic acids is 2. The van der Waals surface area contributed by atoms with Crippen molar-refractivity contribution in [3.8, 4) is 6.07 Å². The summed E-state index contributed by atoms with van der Waals surface area (Å²) in [6, 6.07) is 5.99. The van der Waals surface area contributed by atoms with Gasteiger partial charge in [-0.05, 0) is 49.9 Å². The number of fused-ring (bicyclic) bond motifs is 1. The molecular formula is C20H24N2O4. The van der Waals surface area contributed by atoms with Crippen LogP contribution in [0.15, 0.2) is 22.8 Å². The molecule has 1 N–H and O–H groups in total. The second-order valence-corrected chi connectivity index (χ2v) is 7.05. The number of hydrogen-bond acceptors (Lipinski definition) is 5. The summed E-state index contributed by atoms with van der Waals surface area (Å²) in [5, 5.41) is 12.7. The summed E-state index contributed by atoms with van der Waals surface area (Å²) in [6.07, 6.45) is 1.55. The number of esters is 1. The Balaban J connectivity index is 1.97. The number of benzene rings is 1. The van der Waals surface area contributed by atoms with Crippen LogP contribution in [0.2, 0.25) is 0 Å². The zero-order valence-corrected chi connectivity index (χ0v) is 15.8. The first-order valence-corrected chi connectivity index (χ1v) is 8.51. The van der Waals surface area contributed by atoms with E-state index in [2.05, 4.69) is 11.4 Å². The summed E-state index contributed by atoms with van der Waals surface area (Å²) >= 11 is 0. The maximum atomic E-state index is 12.1. The van der Waals surface area contributed by atoms with Crippen LogP contribution < -0.4 is 5.32 Å². The van der Waals surface area contributed by atoms with Crippen molar-refractivity contribution in [2.45, 2.75) is 46.6 Å². The molecule has 1 amide bonds. The van der Waals surface area contributed by atoms with Crippen molar-refractivity contribution in [1.29, 1.82) is 5.26 Å². The lowest BCUT2D eigenvalue weighted by Gasteiger charge is -2.27. The fourth-order valence-corrected chi connectivity index (χ4v) is 2.45. The predicted octanol–water partition coefficient (Wildman–Crippen LogP) is 3.19. The molecule has 1 heterocycles. The maximum Gasteiger partial charge on any atom is 0.310 e. The predicted molar refractivity (Wildman–Crippen MR) is 97.3 cm³/mol. The molecule has 1 atom stereocenters. The molecule has 0 spiro atoms. The molecule has 6 heteroatoms. The number of ether oxygens (including phenoxy) is 1. The molecule has 0 saturated carbocycles. The van der Waals surface area contributed by atoms with Crippen LogP contribution in [0.1, 0.15) is 37.5 Å². The molecule has 0 radical (unpaired) electrons. The van der Waals surface area contributed by atoms with E-state index in [4.69, 9.17) is 9.15 Å². The van der Waals surface area contributed by atoms with E-state index in [0.29, 0.717) is 0 Å². The number of nitrogens with one attached hydrogen (secondary N) is 1. The van der Waals surface area contributed by atoms with Crippen molar-refractivity contribution in [2.24, 2.45) is 5.92 Å². The smallest absolute Gasteiger partial charge is 0.310 e. The molecule has 2 rings (SSSR count). The molecule has 138 valence electrons. The average molecular weight is 356 g/mol. The monoisotopic (exact) mass is 356 g/mol. The molecule has 0 fully saturated rings. The highest BCUT2D eigenvalue weighted by atomic mass is 16.5. The highest BCUT2D eigenvalue weighted by Crippen LogP contribution is 2.25. The average Bonchev–Trinajstić information content (AvgIpc) is 2.95. The van der Waals surface area contributed by atoms with Crippen LogP contribution in [0.5, 0.6) is 0 Å². The van der Waals surface area contributed by atoms with Gasteiger partial charge in [0.1, 0.15) is 11.1 Å². The molecule has 0 saturated heterocycles. The van der Waals surface area contributed by atoms with E-state index in [9.17, 15) is 14.9 Å². The molecule has 1 unspecified atom stereocenters. The number of aryl methyl sites for hydroxylation is 2. The minimum Gasteiger partial charge on any atom is -0.464 e. The molecule has 26 heavy (non-hydrogen) atoms. The van der Waals surface area contributed by atoms with E-state index < -0.39 is 24.0 Å². The lowest BCUT2D eigenvalue weighted by atomic mass is 9.90. The topological polar surface area (TPSA) is 92.3 Å². The summed E-state index contributed by atoms with van der Waals surface area (Å²) in [5.74, 6) is -1.10. The molecular weight excluding hydrogens is 332 g/mol. The van der Waals surface area contributed by atoms with Crippen molar-refractivity contribution in [3.63, 3.8) is 0 Å². The summed E-state index contributed by atoms with van der Waals surface area (Å²) in [5.41, 5.74) is 2.66. The van der Waals surface area contributed by atoms with E-state index in [1.54, 1.807) is 6.92 Å². The third-order valence-electron chi connectivity index (χ3n) is 4.76. The fourth-order valence-electron chi connectivity index (χ4n) is 2.45. The van der Waals surface area contributed by atoms with Gasteiger partial charge in [-0.1, -0.05) is 13.8 Å². The highest BCUT2D eigenvalue weighted by molar-refractivity contribution is 5.88. The van der Waals surface area contributed by atoms with Gasteiger partial charge in [0, 0.05) is 10.9 Å². The second kappa shape index (κ2) is 7.61. The van der Waals surface area contributed by atoms with Crippen molar-refractivity contribution in [2.75, 3.05) is 6.61 Å². The Morgan fingerprint density at radius 1 is 1.31 bits per heavy atom. The summed E-state index contributed by atoms with van der Waals surface area (Å²) in [7, 11) is 0. The fraction of sp³-hybridized carbons (Fsp3) is 0.450. The van der Waals surface area contributed by atoms with Gasteiger partial charge in [-0.3, -0.25) is 9.59 Å². The quantitative estimate of drug-likeness (QED) is 0.803. The van der Waals surface area contributed by atoms with E-state index in [0.717, 1.165) is 27.7 Å². The zero-order valence-electron chi connectivity index (χ0n) is 15.8. The molecule has 6 nitrogen and oxygen atoms in total. The summed E-state index contributed by atoms with van der Waals surface area (Å²) < 4.78 is 10.5.